The molecule has 11 heteroatoms. The molecular formula is C3H4BBrFLiO7. The maximum Gasteiger partial charge on any atom is 1.00 e. The molecular weight excluding hydrogens is 265 g/mol. The molecule has 0 atom stereocenters. The van der Waals surface area contributed by atoms with Crippen molar-refractivity contribution < 1.29 is 58.1 Å². The van der Waals surface area contributed by atoms with Gasteiger partial charge in [0.1, 0.15) is 0 Å². The Morgan fingerprint density at radius 3 is 1.43 bits per heavy atom. The zero-order chi connectivity index (χ0) is 11.2. The first-order chi connectivity index (χ1) is 5.62. The van der Waals surface area contributed by atoms with Gasteiger partial charge in [0.25, 0.3) is 0 Å². The summed E-state index contributed by atoms with van der Waals surface area (Å²) in [6.07, 6.45) is 0. The van der Waals surface area contributed by atoms with Crippen LogP contribution in [0.15, 0.2) is 0 Å². The fourth-order valence-corrected chi connectivity index (χ4v) is 0.0915. The molecule has 0 unspecified atom stereocenters. The number of halogens is 2. The van der Waals surface area contributed by atoms with Crippen LogP contribution in [0.25, 0.3) is 0 Å². The fourth-order valence-electron chi connectivity index (χ4n) is 0.0915. The van der Waals surface area contributed by atoms with E-state index in [9.17, 15) is 14.0 Å². The molecule has 0 aromatic heterocycles. The van der Waals surface area contributed by atoms with Crippen molar-refractivity contribution >= 4 is 35.2 Å². The third-order valence-corrected chi connectivity index (χ3v) is 1.22. The van der Waals surface area contributed by atoms with Crippen molar-refractivity contribution in [2.75, 3.05) is 0 Å². The number of alkyl halides is 2. The summed E-state index contributed by atoms with van der Waals surface area (Å²) in [5.41, 5.74) is 0. The Hall–Kier alpha value is -0.108. The van der Waals surface area contributed by atoms with E-state index >= 15 is 0 Å². The second-order valence-corrected chi connectivity index (χ2v) is 2.60. The molecule has 4 N–H and O–H groups in total. The molecule has 0 aliphatic heterocycles. The Labute approximate surface area is 98.0 Å². The predicted molar refractivity (Wildman–Crippen MR) is 38.2 cm³/mol. The van der Waals surface area contributed by atoms with Gasteiger partial charge < -0.3 is 25.3 Å². The first-order valence-electron chi connectivity index (χ1n) is 2.49. The van der Waals surface area contributed by atoms with E-state index in [1.54, 1.807) is 0 Å². The van der Waals surface area contributed by atoms with Crippen LogP contribution in [-0.2, 0) is 9.59 Å². The molecule has 0 saturated carbocycles. The Bertz CT molecular complexity index is 181. The van der Waals surface area contributed by atoms with Gasteiger partial charge in [0.2, 0.25) is 0 Å². The van der Waals surface area contributed by atoms with Gasteiger partial charge in [0.15, 0.2) is 0 Å². The van der Waals surface area contributed by atoms with E-state index in [4.69, 9.17) is 25.3 Å². The Morgan fingerprint density at radius 1 is 1.29 bits per heavy atom. The molecule has 0 aromatic carbocycles. The first kappa shape index (κ1) is 19.5. The Balaban J connectivity index is -0.000000209. The van der Waals surface area contributed by atoms with E-state index in [0.29, 0.717) is 0 Å². The van der Waals surface area contributed by atoms with Crippen LogP contribution in [0.1, 0.15) is 0 Å². The molecule has 0 aromatic rings. The van der Waals surface area contributed by atoms with Crippen molar-refractivity contribution in [2.24, 2.45) is 0 Å². The van der Waals surface area contributed by atoms with Crippen LogP contribution in [0.2, 0.25) is 0 Å². The number of rotatable bonds is 2. The molecule has 0 heterocycles. The van der Waals surface area contributed by atoms with Gasteiger partial charge in [-0.1, -0.05) is 0 Å². The van der Waals surface area contributed by atoms with Crippen molar-refractivity contribution in [3.05, 3.63) is 0 Å². The van der Waals surface area contributed by atoms with Crippen LogP contribution in [0, 0.1) is 0 Å². The zero-order valence-electron chi connectivity index (χ0n) is 6.85. The Kier molecular flexibility index (Phi) is 11.4. The molecule has 0 fully saturated rings. The van der Waals surface area contributed by atoms with Gasteiger partial charge in [-0.3, -0.25) is 0 Å². The van der Waals surface area contributed by atoms with E-state index in [0.717, 1.165) is 0 Å². The maximum atomic E-state index is 12.1. The van der Waals surface area contributed by atoms with Crippen LogP contribution in [0.3, 0.4) is 0 Å². The zero-order valence-corrected chi connectivity index (χ0v) is 8.43. The van der Waals surface area contributed by atoms with Crippen LogP contribution in [0.4, 0.5) is 4.39 Å². The van der Waals surface area contributed by atoms with Gasteiger partial charge >= 0.3 is 42.7 Å². The molecule has 0 amide bonds. The fraction of sp³-hybridized carbons (Fsp3) is 0.333. The summed E-state index contributed by atoms with van der Waals surface area (Å²) in [7, 11) is -2.42. The average molecular weight is 269 g/mol. The third-order valence-electron chi connectivity index (χ3n) is 0.537. The molecule has 76 valence electrons. The van der Waals surface area contributed by atoms with Crippen LogP contribution < -0.4 is 23.9 Å². The molecule has 0 spiro atoms. The van der Waals surface area contributed by atoms with Crippen LogP contribution in [0.5, 0.6) is 0 Å². The minimum atomic E-state index is -3.35. The molecule has 0 aliphatic rings. The minimum Gasteiger partial charge on any atom is -0.832 e. The second-order valence-electron chi connectivity index (χ2n) is 1.51. The molecule has 0 saturated heterocycles. The van der Waals surface area contributed by atoms with E-state index in [-0.39, 0.29) is 18.9 Å². The number of carbonyl (C=O) groups is 2. The summed E-state index contributed by atoms with van der Waals surface area (Å²) in [4.78, 5) is 19.3. The van der Waals surface area contributed by atoms with Crippen molar-refractivity contribution in [1.82, 2.24) is 0 Å². The monoisotopic (exact) mass is 268 g/mol. The van der Waals surface area contributed by atoms with Gasteiger partial charge in [0.05, 0.1) is 0 Å². The maximum absolute atomic E-state index is 12.1. The van der Waals surface area contributed by atoms with Gasteiger partial charge in [-0.25, -0.2) is 14.0 Å². The summed E-state index contributed by atoms with van der Waals surface area (Å²) in [5.74, 6) is -4.15. The number of carboxylic acids is 2. The van der Waals surface area contributed by atoms with Gasteiger partial charge in [-0.05, 0) is 15.9 Å². The van der Waals surface area contributed by atoms with E-state index in [1.165, 1.54) is 0 Å². The molecule has 0 radical (unpaired) electrons. The van der Waals surface area contributed by atoms with Crippen molar-refractivity contribution in [1.29, 1.82) is 0 Å². The van der Waals surface area contributed by atoms with Crippen molar-refractivity contribution in [3.8, 4) is 0 Å². The van der Waals surface area contributed by atoms with Gasteiger partial charge in [0, 0.05) is 0 Å². The molecule has 7 nitrogen and oxygen atoms in total. The summed E-state index contributed by atoms with van der Waals surface area (Å²) >= 11 is 1.84. The van der Waals surface area contributed by atoms with Crippen molar-refractivity contribution in [3.63, 3.8) is 0 Å². The number of aliphatic carboxylic acids is 2. The Morgan fingerprint density at radius 2 is 1.43 bits per heavy atom. The van der Waals surface area contributed by atoms with Crippen LogP contribution in [-0.4, -0.2) is 44.1 Å². The minimum absolute atomic E-state index is 0. The topological polar surface area (TPSA) is 138 Å². The summed E-state index contributed by atoms with van der Waals surface area (Å²) < 4.78 is 8.70. The quantitative estimate of drug-likeness (QED) is 0.223. The number of hydrogen-bond donors (Lipinski definition) is 4. The largest absolute Gasteiger partial charge is 1.00 e. The number of hydrogen-bond acceptors (Lipinski definition) is 5. The molecule has 0 rings (SSSR count). The molecule has 0 aliphatic carbocycles. The van der Waals surface area contributed by atoms with Gasteiger partial charge in [-0.2, -0.15) is 0 Å². The SMILES string of the molecule is O=C(O)C(F)(Br)C(=O)O.[Li+].[O-]B(O)O. The summed E-state index contributed by atoms with van der Waals surface area (Å²) in [5, 5.41) is 38.4. The first-order valence-corrected chi connectivity index (χ1v) is 3.28. The predicted octanol–water partition coefficient (Wildman–Crippen LogP) is -5.46. The second kappa shape index (κ2) is 8.22. The smallest absolute Gasteiger partial charge is 0.832 e. The summed E-state index contributed by atoms with van der Waals surface area (Å²) in [6, 6.07) is 0. The normalized spacial score (nSPS) is 8.93. The molecule has 0 bridgehead atoms. The third kappa shape index (κ3) is 9.98. The van der Waals surface area contributed by atoms with E-state index in [2.05, 4.69) is 0 Å². The average Bonchev–Trinajstić information content (AvgIpc) is 1.85. The summed E-state index contributed by atoms with van der Waals surface area (Å²) in [6.45, 7) is 0. The standard InChI is InChI=1S/C3H2BrFO4.BH2O3.Li/c4-3(5,1(6)7)2(8)9;2-1(3)4;/h(H,6,7)(H,8,9);2-3H;/q;-1;+1. The van der Waals surface area contributed by atoms with E-state index in [1.807, 2.05) is 15.9 Å². The van der Waals surface area contributed by atoms with Gasteiger partial charge in [-0.15, -0.1) is 0 Å². The van der Waals surface area contributed by atoms with Crippen LogP contribution >= 0.6 is 15.9 Å². The van der Waals surface area contributed by atoms with E-state index < -0.39 is 23.8 Å². The number of carboxylic acid groups (broad SMARTS) is 2. The molecule has 14 heavy (non-hydrogen) atoms. The van der Waals surface area contributed by atoms with Crippen molar-refractivity contribution in [2.45, 2.75) is 4.58 Å².